The van der Waals surface area contributed by atoms with Crippen molar-refractivity contribution in [2.75, 3.05) is 13.1 Å². The van der Waals surface area contributed by atoms with Crippen molar-refractivity contribution < 1.29 is 13.2 Å². The number of likely N-dealkylation sites (tertiary alicyclic amines) is 1. The zero-order chi connectivity index (χ0) is 18.9. The van der Waals surface area contributed by atoms with Crippen LogP contribution in [0.3, 0.4) is 0 Å². The van der Waals surface area contributed by atoms with Crippen LogP contribution in [0, 0.1) is 0 Å². The van der Waals surface area contributed by atoms with Crippen LogP contribution >= 0.6 is 11.3 Å². The van der Waals surface area contributed by atoms with Crippen LogP contribution in [0.15, 0.2) is 27.9 Å². The van der Waals surface area contributed by atoms with Gasteiger partial charge in [-0.1, -0.05) is 18.3 Å². The molecule has 1 aliphatic heterocycles. The number of nitrogens with one attached hydrogen (secondary N) is 1. The van der Waals surface area contributed by atoms with E-state index in [9.17, 15) is 18.0 Å². The highest BCUT2D eigenvalue weighted by molar-refractivity contribution is 7.89. The van der Waals surface area contributed by atoms with Gasteiger partial charge in [-0.15, -0.1) is 0 Å². The van der Waals surface area contributed by atoms with Gasteiger partial charge in [0.05, 0.1) is 15.1 Å². The zero-order valence-corrected chi connectivity index (χ0v) is 16.5. The molecule has 9 heteroatoms. The number of rotatable bonds is 6. The third-order valence-electron chi connectivity index (χ3n) is 4.67. The molecule has 1 saturated heterocycles. The SMILES string of the molecule is CC[C@H](C)NS(=O)(=O)c1ccc2c(c1)sc(=O)n2CC(=O)N1CCCC1. The zero-order valence-electron chi connectivity index (χ0n) is 14.9. The standard InChI is InChI=1S/C17H23N3O4S2/c1-3-12(2)18-26(23,24)13-6-7-14-15(10-13)25-17(22)20(14)11-16(21)19-8-4-5-9-19/h6-7,10,12,18H,3-5,8-9,11H2,1-2H3/t12-/m0/s1. The first-order chi connectivity index (χ1) is 12.3. The molecule has 7 nitrogen and oxygen atoms in total. The second-order valence-corrected chi connectivity index (χ2v) is 9.31. The van der Waals surface area contributed by atoms with E-state index in [-0.39, 0.29) is 28.3 Å². The highest BCUT2D eigenvalue weighted by atomic mass is 32.2. The highest BCUT2D eigenvalue weighted by Gasteiger charge is 2.22. The average molecular weight is 398 g/mol. The number of sulfonamides is 1. The van der Waals surface area contributed by atoms with Crippen molar-refractivity contribution in [1.82, 2.24) is 14.2 Å². The Hall–Kier alpha value is -1.71. The number of fused-ring (bicyclic) bond motifs is 1. The Balaban J connectivity index is 1.90. The molecule has 0 unspecified atom stereocenters. The molecule has 2 heterocycles. The van der Waals surface area contributed by atoms with E-state index in [4.69, 9.17) is 0 Å². The Morgan fingerprint density at radius 3 is 2.65 bits per heavy atom. The lowest BCUT2D eigenvalue weighted by molar-refractivity contribution is -0.130. The lowest BCUT2D eigenvalue weighted by Gasteiger charge is -2.15. The normalized spacial score (nSPS) is 16.3. The molecule has 0 bridgehead atoms. The van der Waals surface area contributed by atoms with Crippen LogP contribution in [-0.2, 0) is 21.4 Å². The largest absolute Gasteiger partial charge is 0.341 e. The van der Waals surface area contributed by atoms with Crippen LogP contribution < -0.4 is 9.60 Å². The van der Waals surface area contributed by atoms with E-state index in [0.29, 0.717) is 16.6 Å². The predicted molar refractivity (Wildman–Crippen MR) is 102 cm³/mol. The summed E-state index contributed by atoms with van der Waals surface area (Å²) >= 11 is 0.963. The lowest BCUT2D eigenvalue weighted by Crippen LogP contribution is -2.33. The van der Waals surface area contributed by atoms with Gasteiger partial charge in [-0.2, -0.15) is 0 Å². The minimum atomic E-state index is -3.63. The third-order valence-corrected chi connectivity index (χ3v) is 7.20. The van der Waals surface area contributed by atoms with Gasteiger partial charge in [-0.05, 0) is 44.4 Å². The van der Waals surface area contributed by atoms with Gasteiger partial charge in [0.1, 0.15) is 6.54 Å². The minimum absolute atomic E-state index is 0.00392. The maximum Gasteiger partial charge on any atom is 0.308 e. The maximum absolute atomic E-state index is 12.4. The molecule has 1 atom stereocenters. The summed E-state index contributed by atoms with van der Waals surface area (Å²) in [6.45, 7) is 5.17. The highest BCUT2D eigenvalue weighted by Crippen LogP contribution is 2.22. The van der Waals surface area contributed by atoms with E-state index < -0.39 is 10.0 Å². The van der Waals surface area contributed by atoms with Crippen LogP contribution in [0.1, 0.15) is 33.1 Å². The topological polar surface area (TPSA) is 88.5 Å². The second-order valence-electron chi connectivity index (χ2n) is 6.60. The Bertz CT molecular complexity index is 972. The van der Waals surface area contributed by atoms with E-state index in [0.717, 1.165) is 37.3 Å². The quantitative estimate of drug-likeness (QED) is 0.804. The van der Waals surface area contributed by atoms with Crippen LogP contribution in [0.25, 0.3) is 10.2 Å². The van der Waals surface area contributed by atoms with Crippen molar-refractivity contribution in [2.24, 2.45) is 0 Å². The summed E-state index contributed by atoms with van der Waals surface area (Å²) in [5.41, 5.74) is 0.593. The lowest BCUT2D eigenvalue weighted by atomic mass is 10.3. The number of carbonyl (C=O) groups is 1. The van der Waals surface area contributed by atoms with E-state index in [1.54, 1.807) is 17.9 Å². The fraction of sp³-hybridized carbons (Fsp3) is 0.529. The molecule has 3 rings (SSSR count). The molecule has 1 aromatic carbocycles. The molecule has 2 aromatic rings. The van der Waals surface area contributed by atoms with Crippen molar-refractivity contribution in [3.8, 4) is 0 Å². The van der Waals surface area contributed by atoms with Gasteiger partial charge < -0.3 is 4.90 Å². The number of hydrogen-bond donors (Lipinski definition) is 1. The van der Waals surface area contributed by atoms with E-state index in [1.165, 1.54) is 16.7 Å². The molecule has 26 heavy (non-hydrogen) atoms. The fourth-order valence-corrected chi connectivity index (χ4v) is 5.34. The number of carbonyl (C=O) groups excluding carboxylic acids is 1. The molecule has 142 valence electrons. The summed E-state index contributed by atoms with van der Waals surface area (Å²) in [5.74, 6) is -0.0700. The second kappa shape index (κ2) is 7.50. The molecule has 1 N–H and O–H groups in total. The number of nitrogens with zero attached hydrogens (tertiary/aromatic N) is 2. The molecule has 1 aliphatic rings. The molecular formula is C17H23N3O4S2. The maximum atomic E-state index is 12.4. The third kappa shape index (κ3) is 3.84. The molecule has 0 saturated carbocycles. The number of benzene rings is 1. The first-order valence-corrected chi connectivity index (χ1v) is 11.1. The van der Waals surface area contributed by atoms with Crippen LogP contribution in [0.2, 0.25) is 0 Å². The molecular weight excluding hydrogens is 374 g/mol. The van der Waals surface area contributed by atoms with Gasteiger partial charge in [0, 0.05) is 19.1 Å². The van der Waals surface area contributed by atoms with Crippen LogP contribution in [0.4, 0.5) is 0 Å². The van der Waals surface area contributed by atoms with Crippen LogP contribution in [0.5, 0.6) is 0 Å². The molecule has 0 radical (unpaired) electrons. The summed E-state index contributed by atoms with van der Waals surface area (Å²) < 4.78 is 29.5. The fourth-order valence-electron chi connectivity index (χ4n) is 2.98. The van der Waals surface area contributed by atoms with Crippen molar-refractivity contribution >= 4 is 37.5 Å². The number of aromatic nitrogens is 1. The molecule has 0 spiro atoms. The van der Waals surface area contributed by atoms with Crippen molar-refractivity contribution in [3.63, 3.8) is 0 Å². The average Bonchev–Trinajstić information content (AvgIpc) is 3.22. The Labute approximate surface area is 156 Å². The van der Waals surface area contributed by atoms with Crippen LogP contribution in [-0.4, -0.2) is 42.9 Å². The summed E-state index contributed by atoms with van der Waals surface area (Å²) in [6.07, 6.45) is 2.68. The first kappa shape index (κ1) is 19.1. The van der Waals surface area contributed by atoms with Gasteiger partial charge in [0.25, 0.3) is 0 Å². The van der Waals surface area contributed by atoms with Gasteiger partial charge in [-0.25, -0.2) is 13.1 Å². The van der Waals surface area contributed by atoms with Crippen molar-refractivity contribution in [3.05, 3.63) is 27.9 Å². The van der Waals surface area contributed by atoms with Crippen molar-refractivity contribution in [1.29, 1.82) is 0 Å². The summed E-state index contributed by atoms with van der Waals surface area (Å²) in [7, 11) is -3.63. The first-order valence-electron chi connectivity index (χ1n) is 8.75. The van der Waals surface area contributed by atoms with E-state index >= 15 is 0 Å². The van der Waals surface area contributed by atoms with E-state index in [2.05, 4.69) is 4.72 Å². The Morgan fingerprint density at radius 1 is 1.31 bits per heavy atom. The summed E-state index contributed by atoms with van der Waals surface area (Å²) in [6, 6.07) is 4.42. The van der Waals surface area contributed by atoms with Gasteiger partial charge >= 0.3 is 4.87 Å². The molecule has 1 fully saturated rings. The smallest absolute Gasteiger partial charge is 0.308 e. The molecule has 1 amide bonds. The number of thiazole rings is 1. The van der Waals surface area contributed by atoms with Gasteiger partial charge in [-0.3, -0.25) is 14.2 Å². The predicted octanol–water partition coefficient (Wildman–Crippen LogP) is 1.76. The monoisotopic (exact) mass is 397 g/mol. The molecule has 0 aliphatic carbocycles. The number of hydrogen-bond acceptors (Lipinski definition) is 5. The van der Waals surface area contributed by atoms with E-state index in [1.807, 2.05) is 6.92 Å². The Kier molecular flexibility index (Phi) is 5.50. The minimum Gasteiger partial charge on any atom is -0.341 e. The summed E-state index contributed by atoms with van der Waals surface area (Å²) in [4.78, 5) is 26.3. The Morgan fingerprint density at radius 2 is 2.00 bits per heavy atom. The van der Waals surface area contributed by atoms with Gasteiger partial charge in [0.15, 0.2) is 0 Å². The summed E-state index contributed by atoms with van der Waals surface area (Å²) in [5, 5.41) is 0. The number of amides is 1. The van der Waals surface area contributed by atoms with Crippen molar-refractivity contribution in [2.45, 2.75) is 50.6 Å². The molecule has 1 aromatic heterocycles. The van der Waals surface area contributed by atoms with Gasteiger partial charge in [0.2, 0.25) is 15.9 Å².